The van der Waals surface area contributed by atoms with Crippen molar-refractivity contribution in [3.63, 3.8) is 0 Å². The second kappa shape index (κ2) is 5.39. The zero-order chi connectivity index (χ0) is 14.9. The van der Waals surface area contributed by atoms with Crippen molar-refractivity contribution in [1.29, 1.82) is 0 Å². The normalized spacial score (nSPS) is 13.8. The highest BCUT2D eigenvalue weighted by Crippen LogP contribution is 2.32. The Morgan fingerprint density at radius 1 is 1.50 bits per heavy atom. The van der Waals surface area contributed by atoms with Crippen molar-refractivity contribution in [3.05, 3.63) is 22.7 Å². The van der Waals surface area contributed by atoms with Crippen molar-refractivity contribution in [2.24, 2.45) is 0 Å². The zero-order valence-electron chi connectivity index (χ0n) is 10.4. The molecule has 7 nitrogen and oxygen atoms in total. The molecule has 1 aromatic carbocycles. The van der Waals surface area contributed by atoms with Crippen LogP contribution in [0.15, 0.2) is 17.0 Å². The Morgan fingerprint density at radius 3 is 2.85 bits per heavy atom. The minimum Gasteiger partial charge on any atom is -0.468 e. The molecule has 0 spiro atoms. The molecular formula is C11H11ClN2O5S. The standard InChI is InChI=1S/C11H11ClN2O5S/c1-19-11(16)5-13-20(17,18)9-2-6-3-10(15)14-8(6)4-7(9)12/h2,4,13H,3,5H2,1H3,(H,14,15). The number of halogens is 1. The average molecular weight is 319 g/mol. The highest BCUT2D eigenvalue weighted by molar-refractivity contribution is 7.89. The molecule has 1 aliphatic rings. The number of nitrogens with one attached hydrogen (secondary N) is 2. The van der Waals surface area contributed by atoms with Crippen LogP contribution in [0, 0.1) is 0 Å². The minimum atomic E-state index is -3.96. The molecule has 9 heteroatoms. The summed E-state index contributed by atoms with van der Waals surface area (Å²) in [6.07, 6.45) is 0.0893. The summed E-state index contributed by atoms with van der Waals surface area (Å²) >= 11 is 5.90. The number of amides is 1. The number of anilines is 1. The molecule has 0 atom stereocenters. The molecule has 2 N–H and O–H groups in total. The van der Waals surface area contributed by atoms with Crippen LogP contribution in [0.2, 0.25) is 5.02 Å². The lowest BCUT2D eigenvalue weighted by Gasteiger charge is -2.09. The van der Waals surface area contributed by atoms with Crippen molar-refractivity contribution in [3.8, 4) is 0 Å². The lowest BCUT2D eigenvalue weighted by Crippen LogP contribution is -2.30. The molecule has 0 radical (unpaired) electrons. The predicted octanol–water partition coefficient (Wildman–Crippen LogP) is 0.286. The number of carbonyl (C=O) groups is 2. The average Bonchev–Trinajstić information content (AvgIpc) is 2.74. The minimum absolute atomic E-state index is 0.0386. The molecule has 0 aliphatic carbocycles. The Labute approximate surface area is 120 Å². The van der Waals surface area contributed by atoms with Gasteiger partial charge in [0.1, 0.15) is 11.4 Å². The van der Waals surface area contributed by atoms with Crippen LogP contribution in [0.25, 0.3) is 0 Å². The van der Waals surface area contributed by atoms with E-state index in [0.29, 0.717) is 11.3 Å². The van der Waals surface area contributed by atoms with Gasteiger partial charge in [0.15, 0.2) is 0 Å². The zero-order valence-corrected chi connectivity index (χ0v) is 12.0. The summed E-state index contributed by atoms with van der Waals surface area (Å²) in [6, 6.07) is 2.68. The Balaban J connectivity index is 2.31. The molecule has 0 saturated heterocycles. The maximum atomic E-state index is 12.0. The van der Waals surface area contributed by atoms with Crippen LogP contribution < -0.4 is 10.0 Å². The van der Waals surface area contributed by atoms with Crippen molar-refractivity contribution in [1.82, 2.24) is 4.72 Å². The molecule has 1 aromatic rings. The van der Waals surface area contributed by atoms with Crippen LogP contribution in [0.3, 0.4) is 0 Å². The van der Waals surface area contributed by atoms with E-state index in [1.54, 1.807) is 0 Å². The van der Waals surface area contributed by atoms with E-state index in [0.717, 1.165) is 7.11 Å². The first-order valence-electron chi connectivity index (χ1n) is 5.52. The van der Waals surface area contributed by atoms with Gasteiger partial charge in [-0.15, -0.1) is 0 Å². The van der Waals surface area contributed by atoms with Gasteiger partial charge < -0.3 is 10.1 Å². The highest BCUT2D eigenvalue weighted by Gasteiger charge is 2.25. The maximum Gasteiger partial charge on any atom is 0.320 e. The first kappa shape index (κ1) is 14.8. The van der Waals surface area contributed by atoms with E-state index in [1.807, 2.05) is 0 Å². The largest absolute Gasteiger partial charge is 0.468 e. The number of benzene rings is 1. The van der Waals surface area contributed by atoms with Crippen molar-refractivity contribution >= 4 is 39.2 Å². The van der Waals surface area contributed by atoms with Crippen molar-refractivity contribution < 1.29 is 22.7 Å². The molecule has 2 rings (SSSR count). The predicted molar refractivity (Wildman–Crippen MR) is 71.0 cm³/mol. The van der Waals surface area contributed by atoms with Crippen molar-refractivity contribution in [2.75, 3.05) is 19.0 Å². The van der Waals surface area contributed by atoms with Gasteiger partial charge in [0.25, 0.3) is 0 Å². The van der Waals surface area contributed by atoms with E-state index >= 15 is 0 Å². The summed E-state index contributed by atoms with van der Waals surface area (Å²) in [4.78, 5) is 22.0. The van der Waals surface area contributed by atoms with Crippen LogP contribution in [-0.4, -0.2) is 33.9 Å². The maximum absolute atomic E-state index is 12.0. The second-order valence-electron chi connectivity index (χ2n) is 4.07. The van der Waals surface area contributed by atoms with E-state index in [4.69, 9.17) is 11.6 Å². The van der Waals surface area contributed by atoms with Crippen LogP contribution in [-0.2, 0) is 30.8 Å². The molecule has 0 fully saturated rings. The molecule has 108 valence electrons. The molecular weight excluding hydrogens is 308 g/mol. The SMILES string of the molecule is COC(=O)CNS(=O)(=O)c1cc2c(cc1Cl)NC(=O)C2. The van der Waals surface area contributed by atoms with E-state index < -0.39 is 22.5 Å². The lowest BCUT2D eigenvalue weighted by molar-refractivity contribution is -0.139. The fraction of sp³-hybridized carbons (Fsp3) is 0.273. The van der Waals surface area contributed by atoms with E-state index in [1.165, 1.54) is 12.1 Å². The quantitative estimate of drug-likeness (QED) is 0.777. The Morgan fingerprint density at radius 2 is 2.20 bits per heavy atom. The number of ether oxygens (including phenoxy) is 1. The van der Waals surface area contributed by atoms with Gasteiger partial charge in [-0.1, -0.05) is 11.6 Å². The fourth-order valence-corrected chi connectivity index (χ4v) is 3.28. The number of esters is 1. The van der Waals surface area contributed by atoms with Gasteiger partial charge in [-0.25, -0.2) is 8.42 Å². The van der Waals surface area contributed by atoms with Gasteiger partial charge in [0.2, 0.25) is 15.9 Å². The fourth-order valence-electron chi connectivity index (χ4n) is 1.74. The summed E-state index contributed by atoms with van der Waals surface area (Å²) in [5, 5.41) is 2.52. The Bertz CT molecular complexity index is 686. The number of fused-ring (bicyclic) bond motifs is 1. The molecule has 1 heterocycles. The third-order valence-electron chi connectivity index (χ3n) is 2.71. The molecule has 20 heavy (non-hydrogen) atoms. The van der Waals surface area contributed by atoms with Gasteiger partial charge in [-0.05, 0) is 17.7 Å². The number of rotatable bonds is 4. The summed E-state index contributed by atoms with van der Waals surface area (Å²) in [5.41, 5.74) is 1.03. The first-order chi connectivity index (χ1) is 9.33. The first-order valence-corrected chi connectivity index (χ1v) is 7.38. The number of hydrogen-bond acceptors (Lipinski definition) is 5. The highest BCUT2D eigenvalue weighted by atomic mass is 35.5. The number of sulfonamides is 1. The summed E-state index contributed by atoms with van der Waals surface area (Å²) in [7, 11) is -2.81. The summed E-state index contributed by atoms with van der Waals surface area (Å²) in [5.74, 6) is -0.948. The van der Waals surface area contributed by atoms with E-state index in [9.17, 15) is 18.0 Å². The molecule has 1 amide bonds. The molecule has 0 bridgehead atoms. The lowest BCUT2D eigenvalue weighted by atomic mass is 10.2. The Kier molecular flexibility index (Phi) is 3.98. The number of carbonyl (C=O) groups excluding carboxylic acids is 2. The molecule has 0 saturated carbocycles. The van der Waals surface area contributed by atoms with E-state index in [2.05, 4.69) is 14.8 Å². The third-order valence-corrected chi connectivity index (χ3v) is 4.57. The topological polar surface area (TPSA) is 102 Å². The third kappa shape index (κ3) is 2.92. The van der Waals surface area contributed by atoms with Crippen LogP contribution in [0.1, 0.15) is 5.56 Å². The summed E-state index contributed by atoms with van der Waals surface area (Å²) in [6.45, 7) is -0.497. The van der Waals surface area contributed by atoms with Gasteiger partial charge in [-0.2, -0.15) is 4.72 Å². The van der Waals surface area contributed by atoms with Crippen LogP contribution in [0.4, 0.5) is 5.69 Å². The number of hydrogen-bond donors (Lipinski definition) is 2. The number of methoxy groups -OCH3 is 1. The van der Waals surface area contributed by atoms with Crippen LogP contribution in [0.5, 0.6) is 0 Å². The molecule has 0 unspecified atom stereocenters. The van der Waals surface area contributed by atoms with E-state index in [-0.39, 0.29) is 22.2 Å². The van der Waals surface area contributed by atoms with Gasteiger partial charge in [0, 0.05) is 5.69 Å². The van der Waals surface area contributed by atoms with Crippen LogP contribution >= 0.6 is 11.6 Å². The monoisotopic (exact) mass is 318 g/mol. The van der Waals surface area contributed by atoms with Gasteiger partial charge in [-0.3, -0.25) is 9.59 Å². The van der Waals surface area contributed by atoms with Gasteiger partial charge in [0.05, 0.1) is 18.6 Å². The second-order valence-corrected chi connectivity index (χ2v) is 6.21. The summed E-state index contributed by atoms with van der Waals surface area (Å²) < 4.78 is 30.5. The Hall–Kier alpha value is -1.64. The van der Waals surface area contributed by atoms with Gasteiger partial charge >= 0.3 is 5.97 Å². The molecule has 1 aliphatic heterocycles. The smallest absolute Gasteiger partial charge is 0.320 e. The van der Waals surface area contributed by atoms with Crippen molar-refractivity contribution in [2.45, 2.75) is 11.3 Å². The molecule has 0 aromatic heterocycles.